The number of ether oxygens (including phenoxy) is 1. The molecule has 1 aromatic carbocycles. The van der Waals surface area contributed by atoms with E-state index in [0.29, 0.717) is 24.5 Å². The van der Waals surface area contributed by atoms with Crippen molar-refractivity contribution in [2.45, 2.75) is 72.0 Å². The van der Waals surface area contributed by atoms with E-state index in [1.807, 2.05) is 52.0 Å². The third kappa shape index (κ3) is 9.61. The summed E-state index contributed by atoms with van der Waals surface area (Å²) < 4.78 is 32.9. The molecule has 0 unspecified atom stereocenters. The lowest BCUT2D eigenvalue weighted by atomic mass is 9.95. The third-order valence-electron chi connectivity index (χ3n) is 5.63. The highest BCUT2D eigenvalue weighted by atomic mass is 19.3. The molecule has 37 heavy (non-hydrogen) atoms. The van der Waals surface area contributed by atoms with E-state index in [1.54, 1.807) is 26.1 Å². The van der Waals surface area contributed by atoms with E-state index in [1.165, 1.54) is 12.3 Å². The summed E-state index contributed by atoms with van der Waals surface area (Å²) in [7, 11) is 0. The van der Waals surface area contributed by atoms with Gasteiger partial charge >= 0.3 is 0 Å². The number of nitrogens with zero attached hydrogens (tertiary/aromatic N) is 2. The first kappa shape index (κ1) is 30.5. The Morgan fingerprint density at radius 2 is 1.54 bits per heavy atom. The normalized spacial score (nSPS) is 14.9. The molecule has 2 atom stereocenters. The molecule has 3 rings (SSSR count). The summed E-state index contributed by atoms with van der Waals surface area (Å²) in [5, 5.41) is 29.1. The fraction of sp³-hybridized carbons (Fsp3) is 0.517. The van der Waals surface area contributed by atoms with Gasteiger partial charge in [0.05, 0.1) is 40.8 Å². The quantitative estimate of drug-likeness (QED) is 0.296. The van der Waals surface area contributed by atoms with Gasteiger partial charge in [0.25, 0.3) is 6.43 Å². The molecule has 204 valence electrons. The molecule has 0 saturated carbocycles. The van der Waals surface area contributed by atoms with Crippen molar-refractivity contribution in [3.05, 3.63) is 54.4 Å². The monoisotopic (exact) mass is 518 g/mol. The number of aromatic nitrogens is 2. The van der Waals surface area contributed by atoms with Crippen LogP contribution in [-0.4, -0.2) is 49.7 Å². The molecule has 2 aromatic heterocycles. The van der Waals surface area contributed by atoms with E-state index >= 15 is 0 Å². The fourth-order valence-corrected chi connectivity index (χ4v) is 4.33. The van der Waals surface area contributed by atoms with E-state index in [0.717, 1.165) is 16.5 Å². The molecule has 0 aliphatic heterocycles. The molecule has 6 nitrogen and oxygen atoms in total. The van der Waals surface area contributed by atoms with Crippen molar-refractivity contribution < 1.29 is 28.8 Å². The van der Waals surface area contributed by atoms with Crippen LogP contribution >= 0.6 is 0 Å². The predicted molar refractivity (Wildman–Crippen MR) is 143 cm³/mol. The van der Waals surface area contributed by atoms with Gasteiger partial charge < -0.3 is 20.1 Å². The molecule has 0 aliphatic rings. The van der Waals surface area contributed by atoms with Gasteiger partial charge in [-0.25, -0.2) is 8.78 Å². The molecule has 3 aromatic rings. The van der Waals surface area contributed by atoms with Crippen molar-refractivity contribution >= 4 is 10.9 Å². The molecule has 8 heteroatoms. The topological polar surface area (TPSA) is 95.7 Å². The van der Waals surface area contributed by atoms with Crippen molar-refractivity contribution in [3.8, 4) is 17.0 Å². The lowest BCUT2D eigenvalue weighted by molar-refractivity contribution is -0.0142. The lowest BCUT2D eigenvalue weighted by Crippen LogP contribution is -2.34. The summed E-state index contributed by atoms with van der Waals surface area (Å²) in [6.45, 7) is 11.1. The zero-order valence-electron chi connectivity index (χ0n) is 22.6. The Labute approximate surface area is 218 Å². The van der Waals surface area contributed by atoms with Gasteiger partial charge in [-0.05, 0) is 56.7 Å². The maximum absolute atomic E-state index is 13.7. The number of hydrogen-bond acceptors (Lipinski definition) is 6. The highest BCUT2D eigenvalue weighted by Crippen LogP contribution is 2.34. The van der Waals surface area contributed by atoms with Crippen LogP contribution in [0.3, 0.4) is 0 Å². The Kier molecular flexibility index (Phi) is 10.9. The van der Waals surface area contributed by atoms with Crippen molar-refractivity contribution in [1.29, 1.82) is 0 Å². The third-order valence-corrected chi connectivity index (χ3v) is 5.63. The highest BCUT2D eigenvalue weighted by molar-refractivity contribution is 5.93. The molecule has 2 heterocycles. The smallest absolute Gasteiger partial charge is 0.267 e. The van der Waals surface area contributed by atoms with Crippen LogP contribution in [0.4, 0.5) is 8.78 Å². The minimum absolute atomic E-state index is 0.0128. The van der Waals surface area contributed by atoms with Gasteiger partial charge in [0.15, 0.2) is 0 Å². The second kappa shape index (κ2) is 13.2. The van der Waals surface area contributed by atoms with Crippen LogP contribution in [0.1, 0.15) is 66.4 Å². The second-order valence-corrected chi connectivity index (χ2v) is 10.9. The van der Waals surface area contributed by atoms with Gasteiger partial charge in [-0.2, -0.15) is 0 Å². The molecule has 0 bridgehead atoms. The van der Waals surface area contributed by atoms with Gasteiger partial charge in [-0.3, -0.25) is 9.97 Å². The van der Waals surface area contributed by atoms with Gasteiger partial charge in [-0.15, -0.1) is 0 Å². The first-order chi connectivity index (χ1) is 17.2. The highest BCUT2D eigenvalue weighted by Gasteiger charge is 2.25. The number of hydrogen-bond donors (Lipinski definition) is 3. The summed E-state index contributed by atoms with van der Waals surface area (Å²) >= 11 is 0. The first-order valence-corrected chi connectivity index (χ1v) is 12.6. The average molecular weight is 519 g/mol. The number of halogens is 2. The average Bonchev–Trinajstić information content (AvgIpc) is 2.81. The standard InChI is InChI=1S/C22H24F2N2O2.C7H16O2/c1-14(2)11-22(3,27)13-28-20-12-26-19(10-17(20)21(23)24)16-8-9-25-18-7-5-4-6-15(16)18;1-6(2)4-7(3,9)5-8/h4-10,12,14,21,27H,11,13H2,1-3H3;6,8-9H,4-5H2,1-3H3/t22-;7-/m00/s1. The van der Waals surface area contributed by atoms with Gasteiger partial charge in [0, 0.05) is 17.1 Å². The van der Waals surface area contributed by atoms with Crippen molar-refractivity contribution in [2.75, 3.05) is 13.2 Å². The molecule has 3 N–H and O–H groups in total. The Morgan fingerprint density at radius 1 is 0.919 bits per heavy atom. The van der Waals surface area contributed by atoms with Crippen LogP contribution in [0.5, 0.6) is 5.75 Å². The zero-order chi connectivity index (χ0) is 27.8. The Bertz CT molecular complexity index is 1130. The molecule has 0 saturated heterocycles. The number of aliphatic hydroxyl groups is 3. The number of pyridine rings is 2. The molecule has 0 spiro atoms. The van der Waals surface area contributed by atoms with Gasteiger partial charge in [-0.1, -0.05) is 45.9 Å². The summed E-state index contributed by atoms with van der Waals surface area (Å²) in [6.07, 6.45) is 1.38. The van der Waals surface area contributed by atoms with E-state index in [4.69, 9.17) is 9.84 Å². The zero-order valence-corrected chi connectivity index (χ0v) is 22.6. The molecule has 0 aliphatic carbocycles. The largest absolute Gasteiger partial charge is 0.488 e. The predicted octanol–water partition coefficient (Wildman–Crippen LogP) is 6.19. The summed E-state index contributed by atoms with van der Waals surface area (Å²) in [5.74, 6) is 0.682. The van der Waals surface area contributed by atoms with Gasteiger partial charge in [0.2, 0.25) is 0 Å². The van der Waals surface area contributed by atoms with Crippen molar-refractivity contribution in [1.82, 2.24) is 9.97 Å². The van der Waals surface area contributed by atoms with E-state index < -0.39 is 17.6 Å². The number of alkyl halides is 2. The van der Waals surface area contributed by atoms with Crippen LogP contribution in [0.25, 0.3) is 22.2 Å². The molecule has 0 fully saturated rings. The van der Waals surface area contributed by atoms with Crippen LogP contribution < -0.4 is 4.74 Å². The summed E-state index contributed by atoms with van der Waals surface area (Å²) in [4.78, 5) is 8.63. The van der Waals surface area contributed by atoms with Crippen LogP contribution in [-0.2, 0) is 0 Å². The molecular formula is C29H40F2N2O4. The van der Waals surface area contributed by atoms with Crippen molar-refractivity contribution in [3.63, 3.8) is 0 Å². The second-order valence-electron chi connectivity index (χ2n) is 10.9. The number of benzene rings is 1. The van der Waals surface area contributed by atoms with Gasteiger partial charge in [0.1, 0.15) is 12.4 Å². The Hall–Kier alpha value is -2.68. The molecule has 0 radical (unpaired) electrons. The van der Waals surface area contributed by atoms with Crippen LogP contribution in [0.15, 0.2) is 48.8 Å². The molecular weight excluding hydrogens is 478 g/mol. The van der Waals surface area contributed by atoms with Crippen molar-refractivity contribution in [2.24, 2.45) is 11.8 Å². The summed E-state index contributed by atoms with van der Waals surface area (Å²) in [5.41, 5.74) is -0.306. The molecule has 0 amide bonds. The van der Waals surface area contributed by atoms with Crippen LogP contribution in [0.2, 0.25) is 0 Å². The van der Waals surface area contributed by atoms with Crippen LogP contribution in [0, 0.1) is 11.8 Å². The van der Waals surface area contributed by atoms with E-state index in [9.17, 15) is 19.0 Å². The first-order valence-electron chi connectivity index (χ1n) is 12.6. The minimum atomic E-state index is -2.72. The Morgan fingerprint density at radius 3 is 2.11 bits per heavy atom. The number of aliphatic hydroxyl groups excluding tert-OH is 1. The summed E-state index contributed by atoms with van der Waals surface area (Å²) in [6, 6.07) is 10.6. The maximum atomic E-state index is 13.7. The number of fused-ring (bicyclic) bond motifs is 1. The minimum Gasteiger partial charge on any atom is -0.488 e. The SMILES string of the molecule is CC(C)C[C@](C)(O)CO.CC(C)C[C@](C)(O)COc1cnc(-c2ccnc3ccccc23)cc1C(F)F. The fourth-order valence-electron chi connectivity index (χ4n) is 4.33. The number of rotatable bonds is 10. The maximum Gasteiger partial charge on any atom is 0.267 e. The lowest BCUT2D eigenvalue weighted by Gasteiger charge is -2.26. The Balaban J connectivity index is 0.000000458. The number of para-hydroxylation sites is 1. The van der Waals surface area contributed by atoms with E-state index in [2.05, 4.69) is 9.97 Å². The van der Waals surface area contributed by atoms with E-state index in [-0.39, 0.29) is 30.4 Å².